The summed E-state index contributed by atoms with van der Waals surface area (Å²) in [5, 5.41) is 0. The van der Waals surface area contributed by atoms with E-state index in [1.807, 2.05) is 12.1 Å². The van der Waals surface area contributed by atoms with Crippen LogP contribution in [0, 0.1) is 5.41 Å². The predicted molar refractivity (Wildman–Crippen MR) is 89.9 cm³/mol. The van der Waals surface area contributed by atoms with Crippen molar-refractivity contribution < 1.29 is 17.9 Å². The van der Waals surface area contributed by atoms with E-state index in [9.17, 15) is 8.42 Å². The summed E-state index contributed by atoms with van der Waals surface area (Å²) < 4.78 is 38.9. The highest BCUT2D eigenvalue weighted by molar-refractivity contribution is 7.86. The van der Waals surface area contributed by atoms with Gasteiger partial charge in [0.15, 0.2) is 0 Å². The summed E-state index contributed by atoms with van der Waals surface area (Å²) in [4.78, 5) is 4.03. The number of aromatic nitrogens is 1. The van der Waals surface area contributed by atoms with E-state index in [4.69, 9.17) is 9.47 Å². The van der Waals surface area contributed by atoms with E-state index in [0.29, 0.717) is 26.3 Å². The molecule has 2 saturated heterocycles. The van der Waals surface area contributed by atoms with E-state index < -0.39 is 10.2 Å². The molecule has 0 aromatic carbocycles. The summed E-state index contributed by atoms with van der Waals surface area (Å²) in [6.07, 6.45) is 6.05. The first kappa shape index (κ1) is 17.6. The van der Waals surface area contributed by atoms with Crippen LogP contribution in [0.3, 0.4) is 0 Å². The molecule has 0 N–H and O–H groups in total. The summed E-state index contributed by atoms with van der Waals surface area (Å²) in [7, 11) is -0.165. The summed E-state index contributed by atoms with van der Waals surface area (Å²) >= 11 is 0. The fourth-order valence-electron chi connectivity index (χ4n) is 3.39. The second-order valence-corrected chi connectivity index (χ2v) is 8.97. The van der Waals surface area contributed by atoms with Crippen LogP contribution in [0.1, 0.15) is 19.3 Å². The van der Waals surface area contributed by atoms with E-state index in [1.165, 1.54) is 4.31 Å². The fraction of sp³-hybridized carbons (Fsp3) is 0.688. The maximum Gasteiger partial charge on any atom is 0.281 e. The minimum absolute atomic E-state index is 0.0576. The Kier molecular flexibility index (Phi) is 5.10. The molecule has 0 bridgehead atoms. The number of nitrogens with zero attached hydrogens (tertiary/aromatic N) is 3. The number of ether oxygens (including phenoxy) is 2. The standard InChI is InChI=1S/C16H25N3O4S/c1-18(2)24(20,21)19-8-5-16(6-9-19)10-15(23-13-16)12-22-14-4-3-7-17-11-14/h3-4,7,11,15H,5-6,8-10,12-13H2,1-2H3/t15-/m0/s1. The normalized spacial score (nSPS) is 24.5. The van der Waals surface area contributed by atoms with Crippen molar-refractivity contribution >= 4 is 10.2 Å². The molecule has 24 heavy (non-hydrogen) atoms. The van der Waals surface area contributed by atoms with E-state index >= 15 is 0 Å². The molecule has 134 valence electrons. The SMILES string of the molecule is CN(C)S(=O)(=O)N1CCC2(CC1)CO[C@H](COc1cccnc1)C2. The van der Waals surface area contributed by atoms with Gasteiger partial charge in [-0.1, -0.05) is 0 Å². The molecule has 0 unspecified atom stereocenters. The largest absolute Gasteiger partial charge is 0.489 e. The minimum atomic E-state index is -3.31. The lowest BCUT2D eigenvalue weighted by atomic mass is 9.77. The average molecular weight is 355 g/mol. The molecule has 3 rings (SSSR count). The third-order valence-electron chi connectivity index (χ3n) is 4.93. The molecule has 8 heteroatoms. The van der Waals surface area contributed by atoms with Gasteiger partial charge in [0.1, 0.15) is 12.4 Å². The van der Waals surface area contributed by atoms with Gasteiger partial charge in [-0.15, -0.1) is 0 Å². The molecular formula is C16H25N3O4S. The van der Waals surface area contributed by atoms with Crippen LogP contribution in [0.4, 0.5) is 0 Å². The first-order valence-electron chi connectivity index (χ1n) is 8.23. The summed E-state index contributed by atoms with van der Waals surface area (Å²) in [6, 6.07) is 3.72. The van der Waals surface area contributed by atoms with Crippen LogP contribution in [-0.2, 0) is 14.9 Å². The fourth-order valence-corrected chi connectivity index (χ4v) is 4.50. The van der Waals surface area contributed by atoms with Crippen molar-refractivity contribution in [2.75, 3.05) is 40.4 Å². The average Bonchev–Trinajstić information content (AvgIpc) is 2.97. The highest BCUT2D eigenvalue weighted by Crippen LogP contribution is 2.42. The topological polar surface area (TPSA) is 72.0 Å². The maximum atomic E-state index is 12.2. The van der Waals surface area contributed by atoms with Crippen LogP contribution >= 0.6 is 0 Å². The molecule has 2 aliphatic heterocycles. The summed E-state index contributed by atoms with van der Waals surface area (Å²) in [6.45, 7) is 2.30. The van der Waals surface area contributed by atoms with Gasteiger partial charge in [0.25, 0.3) is 10.2 Å². The summed E-state index contributed by atoms with van der Waals surface area (Å²) in [5.74, 6) is 0.744. The van der Waals surface area contributed by atoms with Crippen molar-refractivity contribution in [3.8, 4) is 5.75 Å². The van der Waals surface area contributed by atoms with Crippen LogP contribution in [0.15, 0.2) is 24.5 Å². The number of rotatable bonds is 5. The Balaban J connectivity index is 1.51. The zero-order valence-electron chi connectivity index (χ0n) is 14.2. The zero-order chi connectivity index (χ0) is 17.2. The Bertz CT molecular complexity index is 643. The number of hydrogen-bond donors (Lipinski definition) is 0. The van der Waals surface area contributed by atoms with Crippen LogP contribution in [0.25, 0.3) is 0 Å². The molecule has 0 amide bonds. The van der Waals surface area contributed by atoms with Gasteiger partial charge in [-0.25, -0.2) is 0 Å². The monoisotopic (exact) mass is 355 g/mol. The molecular weight excluding hydrogens is 330 g/mol. The van der Waals surface area contributed by atoms with Crippen molar-refractivity contribution in [3.63, 3.8) is 0 Å². The molecule has 7 nitrogen and oxygen atoms in total. The van der Waals surface area contributed by atoms with Crippen LogP contribution in [0.5, 0.6) is 5.75 Å². The Morgan fingerprint density at radius 1 is 1.42 bits per heavy atom. The van der Waals surface area contributed by atoms with Crippen molar-refractivity contribution in [2.24, 2.45) is 5.41 Å². The molecule has 3 heterocycles. The Labute approximate surface area is 143 Å². The summed E-state index contributed by atoms with van der Waals surface area (Å²) in [5.41, 5.74) is 0.0846. The van der Waals surface area contributed by atoms with E-state index in [1.54, 1.807) is 30.8 Å². The van der Waals surface area contributed by atoms with Crippen LogP contribution < -0.4 is 4.74 Å². The Morgan fingerprint density at radius 2 is 2.17 bits per heavy atom. The third kappa shape index (κ3) is 3.72. The van der Waals surface area contributed by atoms with Crippen molar-refractivity contribution in [1.29, 1.82) is 0 Å². The lowest BCUT2D eigenvalue weighted by Crippen LogP contribution is -2.47. The van der Waals surface area contributed by atoms with Crippen molar-refractivity contribution in [2.45, 2.75) is 25.4 Å². The predicted octanol–water partition coefficient (Wildman–Crippen LogP) is 1.14. The highest BCUT2D eigenvalue weighted by Gasteiger charge is 2.44. The van der Waals surface area contributed by atoms with Crippen molar-refractivity contribution in [1.82, 2.24) is 13.6 Å². The van der Waals surface area contributed by atoms with Gasteiger partial charge in [-0.2, -0.15) is 17.0 Å². The second kappa shape index (κ2) is 6.95. The van der Waals surface area contributed by atoms with E-state index in [2.05, 4.69) is 4.98 Å². The molecule has 2 fully saturated rings. The molecule has 0 aliphatic carbocycles. The van der Waals surface area contributed by atoms with Gasteiger partial charge in [0.2, 0.25) is 0 Å². The zero-order valence-corrected chi connectivity index (χ0v) is 15.0. The number of pyridine rings is 1. The lowest BCUT2D eigenvalue weighted by molar-refractivity contribution is 0.0537. The number of hydrogen-bond acceptors (Lipinski definition) is 5. The molecule has 1 atom stereocenters. The van der Waals surface area contributed by atoms with Gasteiger partial charge < -0.3 is 9.47 Å². The lowest BCUT2D eigenvalue weighted by Gasteiger charge is -2.38. The molecule has 0 saturated carbocycles. The Morgan fingerprint density at radius 3 is 2.79 bits per heavy atom. The van der Waals surface area contributed by atoms with E-state index in [0.717, 1.165) is 25.0 Å². The number of piperidine rings is 1. The molecule has 1 aromatic rings. The molecule has 0 radical (unpaired) electrons. The smallest absolute Gasteiger partial charge is 0.281 e. The highest BCUT2D eigenvalue weighted by atomic mass is 32.2. The molecule has 1 spiro atoms. The van der Waals surface area contributed by atoms with Crippen molar-refractivity contribution in [3.05, 3.63) is 24.5 Å². The first-order chi connectivity index (χ1) is 11.4. The van der Waals surface area contributed by atoms with Gasteiger partial charge >= 0.3 is 0 Å². The molecule has 2 aliphatic rings. The first-order valence-corrected chi connectivity index (χ1v) is 9.63. The van der Waals surface area contributed by atoms with Gasteiger partial charge in [0.05, 0.1) is 18.9 Å². The third-order valence-corrected chi connectivity index (χ3v) is 6.87. The molecule has 1 aromatic heterocycles. The van der Waals surface area contributed by atoms with Crippen LogP contribution in [-0.4, -0.2) is 68.5 Å². The van der Waals surface area contributed by atoms with Gasteiger partial charge in [-0.05, 0) is 36.8 Å². The second-order valence-electron chi connectivity index (χ2n) is 6.83. The van der Waals surface area contributed by atoms with E-state index in [-0.39, 0.29) is 11.5 Å². The van der Waals surface area contributed by atoms with Crippen LogP contribution in [0.2, 0.25) is 0 Å². The quantitative estimate of drug-likeness (QED) is 0.792. The van der Waals surface area contributed by atoms with Gasteiger partial charge in [-0.3, -0.25) is 4.98 Å². The minimum Gasteiger partial charge on any atom is -0.489 e. The Hall–Kier alpha value is -1.22. The van der Waals surface area contributed by atoms with Gasteiger partial charge in [0, 0.05) is 33.4 Å². The maximum absolute atomic E-state index is 12.2.